The highest BCUT2D eigenvalue weighted by molar-refractivity contribution is 6.01. The highest BCUT2D eigenvalue weighted by atomic mass is 16.5. The lowest BCUT2D eigenvalue weighted by Gasteiger charge is -2.32. The number of carbonyl (C=O) groups is 2. The minimum atomic E-state index is -0.250. The largest absolute Gasteiger partial charge is 0.493 e. The van der Waals surface area contributed by atoms with E-state index in [1.54, 1.807) is 35.7 Å². The number of nitriles is 1. The number of likely N-dealkylation sites (N-methyl/N-ethyl adjacent to an activating group) is 1. The van der Waals surface area contributed by atoms with E-state index in [1.807, 2.05) is 49.5 Å². The lowest BCUT2D eigenvalue weighted by atomic mass is 10.1. The molecule has 1 radical (unpaired) electrons. The van der Waals surface area contributed by atoms with E-state index in [9.17, 15) is 14.9 Å². The zero-order valence-electron chi connectivity index (χ0n) is 18.9. The van der Waals surface area contributed by atoms with Crippen LogP contribution in [0, 0.1) is 17.9 Å². The fourth-order valence-corrected chi connectivity index (χ4v) is 3.41. The van der Waals surface area contributed by atoms with Gasteiger partial charge in [-0.1, -0.05) is 42.5 Å². The molecule has 1 aliphatic rings. The molecule has 0 bridgehead atoms. The number of nitrogens with zero attached hydrogens (tertiary/aromatic N) is 3. The molecule has 1 heterocycles. The summed E-state index contributed by atoms with van der Waals surface area (Å²) in [6, 6.07) is 19.1. The molecule has 1 fully saturated rings. The van der Waals surface area contributed by atoms with E-state index in [2.05, 4.69) is 10.2 Å². The van der Waals surface area contributed by atoms with Crippen LogP contribution in [0.15, 0.2) is 60.2 Å². The summed E-state index contributed by atoms with van der Waals surface area (Å²) in [6.45, 7) is 4.79. The minimum Gasteiger partial charge on any atom is -0.493 e. The number of piperazine rings is 1. The quantitative estimate of drug-likeness (QED) is 0.474. The monoisotopic (exact) mass is 445 g/mol. The Hall–Kier alpha value is -3.63. The van der Waals surface area contributed by atoms with Gasteiger partial charge in [-0.05, 0) is 42.8 Å². The Morgan fingerprint density at radius 3 is 2.58 bits per heavy atom. The number of rotatable bonds is 9. The molecule has 2 aromatic rings. The van der Waals surface area contributed by atoms with Crippen LogP contribution in [0.3, 0.4) is 0 Å². The van der Waals surface area contributed by atoms with Crippen LogP contribution in [0.4, 0.5) is 0 Å². The van der Waals surface area contributed by atoms with Gasteiger partial charge in [0.05, 0.1) is 19.6 Å². The second-order valence-electron chi connectivity index (χ2n) is 7.90. The zero-order valence-corrected chi connectivity index (χ0v) is 18.9. The summed E-state index contributed by atoms with van der Waals surface area (Å²) in [5.41, 5.74) is 1.93. The van der Waals surface area contributed by atoms with Crippen LogP contribution in [0.5, 0.6) is 5.75 Å². The average Bonchev–Trinajstić information content (AvgIpc) is 2.83. The number of amides is 2. The number of ether oxygens (including phenoxy) is 1. The molecule has 171 valence electrons. The van der Waals surface area contributed by atoms with Crippen molar-refractivity contribution in [2.24, 2.45) is 0 Å². The summed E-state index contributed by atoms with van der Waals surface area (Å²) in [6.07, 6.45) is 2.46. The van der Waals surface area contributed by atoms with Gasteiger partial charge in [-0.25, -0.2) is 0 Å². The molecule has 0 aliphatic carbocycles. The summed E-state index contributed by atoms with van der Waals surface area (Å²) in [7, 11) is 2.01. The molecule has 7 nitrogen and oxygen atoms in total. The van der Waals surface area contributed by atoms with Crippen molar-refractivity contribution in [3.63, 3.8) is 0 Å². The average molecular weight is 446 g/mol. The van der Waals surface area contributed by atoms with Gasteiger partial charge in [-0.15, -0.1) is 0 Å². The van der Waals surface area contributed by atoms with Crippen molar-refractivity contribution in [3.05, 3.63) is 77.8 Å². The number of benzene rings is 2. The molecule has 0 atom stereocenters. The molecule has 1 aliphatic heterocycles. The Labute approximate surface area is 195 Å². The lowest BCUT2D eigenvalue weighted by Crippen LogP contribution is -2.47. The van der Waals surface area contributed by atoms with Gasteiger partial charge in [0, 0.05) is 26.2 Å². The molecule has 3 rings (SSSR count). The fraction of sp³-hybridized carbons (Fsp3) is 0.308. The van der Waals surface area contributed by atoms with Crippen LogP contribution in [-0.4, -0.2) is 61.4 Å². The molecule has 0 saturated carbocycles. The third kappa shape index (κ3) is 7.78. The van der Waals surface area contributed by atoms with Crippen molar-refractivity contribution in [2.45, 2.75) is 12.8 Å². The summed E-state index contributed by atoms with van der Waals surface area (Å²) < 4.78 is 5.70. The second kappa shape index (κ2) is 12.4. The summed E-state index contributed by atoms with van der Waals surface area (Å²) in [5.74, 6) is 0.209. The molecule has 0 aromatic heterocycles. The maximum atomic E-state index is 12.7. The molecule has 2 amide bonds. The molecule has 1 saturated heterocycles. The van der Waals surface area contributed by atoms with E-state index >= 15 is 0 Å². The minimum absolute atomic E-state index is 0.102. The van der Waals surface area contributed by atoms with E-state index in [-0.39, 0.29) is 30.4 Å². The Morgan fingerprint density at radius 1 is 1.09 bits per heavy atom. The molecule has 0 unspecified atom stereocenters. The van der Waals surface area contributed by atoms with E-state index in [0.29, 0.717) is 30.8 Å². The van der Waals surface area contributed by atoms with Crippen molar-refractivity contribution >= 4 is 17.9 Å². The Morgan fingerprint density at radius 2 is 1.85 bits per heavy atom. The first kappa shape index (κ1) is 24.0. The first-order valence-electron chi connectivity index (χ1n) is 11.0. The van der Waals surface area contributed by atoms with Crippen LogP contribution in [0.25, 0.3) is 6.08 Å². The van der Waals surface area contributed by atoms with Gasteiger partial charge in [0.25, 0.3) is 5.91 Å². The molecule has 0 spiro atoms. The van der Waals surface area contributed by atoms with Gasteiger partial charge in [0.2, 0.25) is 5.91 Å². The highest BCUT2D eigenvalue weighted by Gasteiger charge is 2.22. The van der Waals surface area contributed by atoms with E-state index < -0.39 is 0 Å². The third-order valence-corrected chi connectivity index (χ3v) is 5.35. The maximum Gasteiger partial charge on any atom is 0.264 e. The second-order valence-corrected chi connectivity index (χ2v) is 7.90. The van der Waals surface area contributed by atoms with Crippen LogP contribution < -0.4 is 10.1 Å². The highest BCUT2D eigenvalue weighted by Crippen LogP contribution is 2.17. The SMILES string of the molecule is CN1CCN(C(=O)C(C#N)=Cc2cccc(OCCC(=O)N[CH]Cc3ccccc3)c2)CC1. The molecule has 7 heteroatoms. The molecule has 1 N–H and O–H groups in total. The van der Waals surface area contributed by atoms with Gasteiger partial charge in [-0.2, -0.15) is 5.26 Å². The predicted molar refractivity (Wildman–Crippen MR) is 127 cm³/mol. The normalized spacial score (nSPS) is 14.4. The van der Waals surface area contributed by atoms with Crippen molar-refractivity contribution in [3.8, 4) is 11.8 Å². The van der Waals surface area contributed by atoms with Crippen molar-refractivity contribution < 1.29 is 14.3 Å². The van der Waals surface area contributed by atoms with Crippen molar-refractivity contribution in [1.82, 2.24) is 15.1 Å². The van der Waals surface area contributed by atoms with Gasteiger partial charge in [0.1, 0.15) is 17.4 Å². The van der Waals surface area contributed by atoms with E-state index in [0.717, 1.165) is 18.7 Å². The topological polar surface area (TPSA) is 85.7 Å². The van der Waals surface area contributed by atoms with Gasteiger partial charge < -0.3 is 19.9 Å². The zero-order chi connectivity index (χ0) is 23.5. The van der Waals surface area contributed by atoms with Gasteiger partial charge in [0.15, 0.2) is 0 Å². The van der Waals surface area contributed by atoms with E-state index in [4.69, 9.17) is 4.74 Å². The van der Waals surface area contributed by atoms with Gasteiger partial charge in [-0.3, -0.25) is 9.59 Å². The Kier molecular flexibility index (Phi) is 9.04. The van der Waals surface area contributed by atoms with E-state index in [1.165, 1.54) is 0 Å². The van der Waals surface area contributed by atoms with Crippen LogP contribution in [0.1, 0.15) is 17.5 Å². The summed E-state index contributed by atoms with van der Waals surface area (Å²) >= 11 is 0. The number of carbonyl (C=O) groups excluding carboxylic acids is 2. The Balaban J connectivity index is 1.47. The smallest absolute Gasteiger partial charge is 0.264 e. The van der Waals surface area contributed by atoms with Crippen molar-refractivity contribution in [2.75, 3.05) is 39.8 Å². The molecular formula is C26H29N4O3. The molecule has 33 heavy (non-hydrogen) atoms. The number of hydrogen-bond acceptors (Lipinski definition) is 5. The van der Waals surface area contributed by atoms with Crippen molar-refractivity contribution in [1.29, 1.82) is 5.26 Å². The maximum absolute atomic E-state index is 12.7. The standard InChI is InChI=1S/C26H29N4O3/c1-29-13-15-30(16-14-29)26(32)23(20-27)18-22-8-5-9-24(19-22)33-17-11-25(31)28-12-10-21-6-3-2-4-7-21/h2-9,12,18-19H,10-11,13-17H2,1H3,(H,28,31). The first-order chi connectivity index (χ1) is 16.0. The van der Waals surface area contributed by atoms with Crippen LogP contribution in [0.2, 0.25) is 0 Å². The summed E-state index contributed by atoms with van der Waals surface area (Å²) in [4.78, 5) is 28.6. The lowest BCUT2D eigenvalue weighted by molar-refractivity contribution is -0.128. The van der Waals surface area contributed by atoms with Crippen LogP contribution >= 0.6 is 0 Å². The van der Waals surface area contributed by atoms with Gasteiger partial charge >= 0.3 is 0 Å². The fourth-order valence-electron chi connectivity index (χ4n) is 3.41. The Bertz CT molecular complexity index is 1010. The molecular weight excluding hydrogens is 416 g/mol. The summed E-state index contributed by atoms with van der Waals surface area (Å²) in [5, 5.41) is 12.3. The number of hydrogen-bond donors (Lipinski definition) is 1. The van der Waals surface area contributed by atoms with Crippen LogP contribution in [-0.2, 0) is 16.0 Å². The predicted octanol–water partition coefficient (Wildman–Crippen LogP) is 2.66. The number of nitrogens with one attached hydrogen (secondary N) is 1. The third-order valence-electron chi connectivity index (χ3n) is 5.35. The first-order valence-corrected chi connectivity index (χ1v) is 11.0. The molecule has 2 aromatic carbocycles.